The molecule has 2 unspecified atom stereocenters. The molecule has 1 saturated heterocycles. The second-order valence-electron chi connectivity index (χ2n) is 6.82. The van der Waals surface area contributed by atoms with Gasteiger partial charge in [-0.3, -0.25) is 10.1 Å². The first-order valence-corrected chi connectivity index (χ1v) is 8.19. The minimum absolute atomic E-state index is 0.0142. The predicted molar refractivity (Wildman–Crippen MR) is 85.0 cm³/mol. The molecule has 0 bridgehead atoms. The zero-order valence-electron chi connectivity index (χ0n) is 12.8. The van der Waals surface area contributed by atoms with Gasteiger partial charge < -0.3 is 4.90 Å². The summed E-state index contributed by atoms with van der Waals surface area (Å²) in [4.78, 5) is 14.9. The van der Waals surface area contributed by atoms with Gasteiger partial charge in [0.1, 0.15) is 6.17 Å². The van der Waals surface area contributed by atoms with Crippen LogP contribution in [0.1, 0.15) is 45.3 Å². The molecule has 2 aliphatic rings. The van der Waals surface area contributed by atoms with E-state index in [0.717, 1.165) is 29.3 Å². The highest BCUT2D eigenvalue weighted by atomic mass is 35.5. The number of benzene rings is 1. The van der Waals surface area contributed by atoms with Crippen LogP contribution in [0.15, 0.2) is 24.3 Å². The summed E-state index contributed by atoms with van der Waals surface area (Å²) in [6.07, 6.45) is 2.21. The van der Waals surface area contributed by atoms with Crippen LogP contribution in [0.5, 0.6) is 0 Å². The van der Waals surface area contributed by atoms with Crippen LogP contribution in [0.3, 0.4) is 0 Å². The molecule has 1 heterocycles. The van der Waals surface area contributed by atoms with Crippen LogP contribution >= 0.6 is 11.6 Å². The Balaban J connectivity index is 1.88. The Labute approximate surface area is 131 Å². The molecule has 0 radical (unpaired) electrons. The molecule has 3 rings (SSSR count). The maximum atomic E-state index is 12.8. The molecule has 1 aliphatic heterocycles. The first kappa shape index (κ1) is 14.9. The zero-order chi connectivity index (χ0) is 15.1. The van der Waals surface area contributed by atoms with E-state index in [9.17, 15) is 4.79 Å². The molecule has 2 fully saturated rings. The number of halogens is 1. The van der Waals surface area contributed by atoms with Crippen molar-refractivity contribution in [2.75, 3.05) is 0 Å². The standard InChI is InChI=1S/C17H23ClN2O/c1-10(2)15-17(21)20(14-8-11(3)9-14)16(19-15)12-4-6-13(18)7-5-12/h4-7,10-11,14-16,19H,8-9H2,1-3H3. The summed E-state index contributed by atoms with van der Waals surface area (Å²) in [7, 11) is 0. The van der Waals surface area contributed by atoms with Gasteiger partial charge in [0.15, 0.2) is 0 Å². The Morgan fingerprint density at radius 1 is 1.24 bits per heavy atom. The van der Waals surface area contributed by atoms with Crippen LogP contribution in [0.25, 0.3) is 0 Å². The fraction of sp³-hybridized carbons (Fsp3) is 0.588. The molecule has 0 spiro atoms. The molecule has 1 saturated carbocycles. The Morgan fingerprint density at radius 3 is 2.38 bits per heavy atom. The van der Waals surface area contributed by atoms with Crippen molar-refractivity contribution in [2.45, 2.75) is 51.9 Å². The van der Waals surface area contributed by atoms with E-state index in [1.807, 2.05) is 24.3 Å². The number of carbonyl (C=O) groups is 1. The normalized spacial score (nSPS) is 32.6. The van der Waals surface area contributed by atoms with Crippen molar-refractivity contribution >= 4 is 17.5 Å². The van der Waals surface area contributed by atoms with E-state index >= 15 is 0 Å². The molecule has 21 heavy (non-hydrogen) atoms. The van der Waals surface area contributed by atoms with Crippen LogP contribution in [0, 0.1) is 11.8 Å². The fourth-order valence-electron chi connectivity index (χ4n) is 3.47. The van der Waals surface area contributed by atoms with Crippen molar-refractivity contribution < 1.29 is 4.79 Å². The lowest BCUT2D eigenvalue weighted by Crippen LogP contribution is -2.47. The first-order valence-electron chi connectivity index (χ1n) is 7.81. The van der Waals surface area contributed by atoms with Gasteiger partial charge in [0, 0.05) is 11.1 Å². The van der Waals surface area contributed by atoms with Crippen molar-refractivity contribution in [1.29, 1.82) is 0 Å². The maximum absolute atomic E-state index is 12.8. The Hall–Kier alpha value is -1.06. The molecule has 1 aromatic rings. The Kier molecular flexibility index (Phi) is 3.98. The molecule has 4 heteroatoms. The van der Waals surface area contributed by atoms with Gasteiger partial charge in [-0.25, -0.2) is 0 Å². The summed E-state index contributed by atoms with van der Waals surface area (Å²) in [6, 6.07) is 8.13. The van der Waals surface area contributed by atoms with Crippen molar-refractivity contribution in [3.05, 3.63) is 34.9 Å². The topological polar surface area (TPSA) is 32.3 Å². The van der Waals surface area contributed by atoms with Crippen LogP contribution in [-0.2, 0) is 4.79 Å². The number of hydrogen-bond acceptors (Lipinski definition) is 2. The zero-order valence-corrected chi connectivity index (χ0v) is 13.6. The average molecular weight is 307 g/mol. The van der Waals surface area contributed by atoms with Gasteiger partial charge in [0.25, 0.3) is 0 Å². The van der Waals surface area contributed by atoms with Gasteiger partial charge in [-0.1, -0.05) is 44.5 Å². The van der Waals surface area contributed by atoms with E-state index in [2.05, 4.69) is 31.0 Å². The quantitative estimate of drug-likeness (QED) is 0.925. The van der Waals surface area contributed by atoms with E-state index in [1.54, 1.807) is 0 Å². The number of carbonyl (C=O) groups excluding carboxylic acids is 1. The van der Waals surface area contributed by atoms with Gasteiger partial charge in [-0.15, -0.1) is 0 Å². The van der Waals surface area contributed by atoms with Crippen molar-refractivity contribution in [1.82, 2.24) is 10.2 Å². The minimum Gasteiger partial charge on any atom is -0.319 e. The average Bonchev–Trinajstić information content (AvgIpc) is 2.74. The Morgan fingerprint density at radius 2 is 1.86 bits per heavy atom. The van der Waals surface area contributed by atoms with E-state index in [-0.39, 0.29) is 18.1 Å². The van der Waals surface area contributed by atoms with Crippen molar-refractivity contribution in [3.63, 3.8) is 0 Å². The van der Waals surface area contributed by atoms with Crippen LogP contribution in [0.4, 0.5) is 0 Å². The van der Waals surface area contributed by atoms with Gasteiger partial charge in [0.2, 0.25) is 5.91 Å². The van der Waals surface area contributed by atoms with Crippen molar-refractivity contribution in [2.24, 2.45) is 11.8 Å². The highest BCUT2D eigenvalue weighted by Crippen LogP contribution is 2.39. The number of nitrogens with one attached hydrogen (secondary N) is 1. The van der Waals surface area contributed by atoms with E-state index < -0.39 is 0 Å². The summed E-state index contributed by atoms with van der Waals surface area (Å²) in [5.74, 6) is 1.28. The second kappa shape index (κ2) is 5.62. The fourth-order valence-corrected chi connectivity index (χ4v) is 3.59. The van der Waals surface area contributed by atoms with E-state index in [1.165, 1.54) is 0 Å². The van der Waals surface area contributed by atoms with Gasteiger partial charge in [-0.05, 0) is 42.4 Å². The Bertz CT molecular complexity index is 522. The first-order chi connectivity index (χ1) is 9.97. The highest BCUT2D eigenvalue weighted by Gasteiger charge is 2.46. The highest BCUT2D eigenvalue weighted by molar-refractivity contribution is 6.30. The van der Waals surface area contributed by atoms with Crippen LogP contribution in [-0.4, -0.2) is 22.9 Å². The summed E-state index contributed by atoms with van der Waals surface area (Å²) in [5, 5.41) is 4.25. The molecular formula is C17H23ClN2O. The molecule has 114 valence electrons. The van der Waals surface area contributed by atoms with Crippen LogP contribution < -0.4 is 5.32 Å². The van der Waals surface area contributed by atoms with E-state index in [4.69, 9.17) is 11.6 Å². The number of amides is 1. The van der Waals surface area contributed by atoms with Gasteiger partial charge >= 0.3 is 0 Å². The molecule has 1 aromatic carbocycles. The summed E-state index contributed by atoms with van der Waals surface area (Å²) in [5.41, 5.74) is 1.12. The third kappa shape index (κ3) is 2.69. The molecular weight excluding hydrogens is 284 g/mol. The maximum Gasteiger partial charge on any atom is 0.241 e. The monoisotopic (exact) mass is 306 g/mol. The van der Waals surface area contributed by atoms with Gasteiger partial charge in [-0.2, -0.15) is 0 Å². The van der Waals surface area contributed by atoms with Gasteiger partial charge in [0.05, 0.1) is 6.04 Å². The molecule has 3 nitrogen and oxygen atoms in total. The van der Waals surface area contributed by atoms with E-state index in [0.29, 0.717) is 12.0 Å². The molecule has 1 N–H and O–H groups in total. The number of hydrogen-bond donors (Lipinski definition) is 1. The number of nitrogens with zero attached hydrogens (tertiary/aromatic N) is 1. The number of rotatable bonds is 3. The lowest BCUT2D eigenvalue weighted by molar-refractivity contribution is -0.135. The molecule has 1 aliphatic carbocycles. The molecule has 2 atom stereocenters. The lowest BCUT2D eigenvalue weighted by atomic mass is 9.80. The van der Waals surface area contributed by atoms with Crippen molar-refractivity contribution in [3.8, 4) is 0 Å². The SMILES string of the molecule is CC1CC(N2C(=O)C(C(C)C)NC2c2ccc(Cl)cc2)C1. The summed E-state index contributed by atoms with van der Waals surface area (Å²) >= 11 is 5.98. The third-order valence-electron chi connectivity index (χ3n) is 4.73. The molecule has 0 aromatic heterocycles. The largest absolute Gasteiger partial charge is 0.319 e. The third-order valence-corrected chi connectivity index (χ3v) is 4.98. The minimum atomic E-state index is -0.0819. The summed E-state index contributed by atoms with van der Waals surface area (Å²) in [6.45, 7) is 6.45. The summed E-state index contributed by atoms with van der Waals surface area (Å²) < 4.78 is 0. The van der Waals surface area contributed by atoms with Crippen LogP contribution in [0.2, 0.25) is 5.02 Å². The molecule has 1 amide bonds. The second-order valence-corrected chi connectivity index (χ2v) is 7.25. The lowest BCUT2D eigenvalue weighted by Gasteiger charge is -2.42. The smallest absolute Gasteiger partial charge is 0.241 e. The predicted octanol–water partition coefficient (Wildman–Crippen LogP) is 3.59.